The van der Waals surface area contributed by atoms with Crippen LogP contribution in [-0.2, 0) is 4.79 Å². The lowest BCUT2D eigenvalue weighted by Gasteiger charge is -2.33. The number of piperidine rings is 1. The number of nitrogens with one attached hydrogen (secondary N) is 2. The van der Waals surface area contributed by atoms with Gasteiger partial charge in [0.15, 0.2) is 0 Å². The maximum absolute atomic E-state index is 12.1. The molecule has 0 unspecified atom stereocenters. The fourth-order valence-electron chi connectivity index (χ4n) is 3.07. The molecular formula is C14H18N2O. The molecule has 1 aromatic rings. The largest absolute Gasteiger partial charge is 0.350 e. The van der Waals surface area contributed by atoms with Crippen LogP contribution in [0.4, 0.5) is 0 Å². The van der Waals surface area contributed by atoms with Gasteiger partial charge in [0.1, 0.15) is 0 Å². The van der Waals surface area contributed by atoms with Gasteiger partial charge in [-0.1, -0.05) is 30.3 Å². The minimum Gasteiger partial charge on any atom is -0.350 e. The molecule has 17 heavy (non-hydrogen) atoms. The van der Waals surface area contributed by atoms with E-state index in [1.165, 1.54) is 0 Å². The predicted octanol–water partition coefficient (Wildman–Crippen LogP) is 1.41. The van der Waals surface area contributed by atoms with E-state index in [4.69, 9.17) is 0 Å². The van der Waals surface area contributed by atoms with Gasteiger partial charge >= 0.3 is 0 Å². The second kappa shape index (κ2) is 4.15. The lowest BCUT2D eigenvalue weighted by Crippen LogP contribution is -2.49. The van der Waals surface area contributed by atoms with E-state index in [1.54, 1.807) is 0 Å². The van der Waals surface area contributed by atoms with Crippen molar-refractivity contribution < 1.29 is 4.79 Å². The molecule has 3 rings (SSSR count). The number of hydrogen-bond acceptors (Lipinski definition) is 2. The topological polar surface area (TPSA) is 41.1 Å². The molecule has 3 heteroatoms. The van der Waals surface area contributed by atoms with Gasteiger partial charge in [-0.15, -0.1) is 0 Å². The summed E-state index contributed by atoms with van der Waals surface area (Å²) < 4.78 is 0. The molecular weight excluding hydrogens is 212 g/mol. The van der Waals surface area contributed by atoms with Crippen LogP contribution >= 0.6 is 0 Å². The highest BCUT2D eigenvalue weighted by Crippen LogP contribution is 2.37. The molecule has 2 saturated heterocycles. The smallest absolute Gasteiger partial charge is 0.228 e. The van der Waals surface area contributed by atoms with Crippen molar-refractivity contribution in [2.24, 2.45) is 0 Å². The molecule has 0 aliphatic carbocycles. The Balaban J connectivity index is 1.82. The van der Waals surface area contributed by atoms with Gasteiger partial charge in [-0.3, -0.25) is 4.79 Å². The minimum atomic E-state index is 0.0503. The highest BCUT2D eigenvalue weighted by atomic mass is 16.2. The molecule has 1 aromatic carbocycles. The average molecular weight is 230 g/mol. The fourth-order valence-corrected chi connectivity index (χ4v) is 3.07. The average Bonchev–Trinajstić information content (AvgIpc) is 2.68. The molecule has 2 aliphatic heterocycles. The SMILES string of the molecule is O=C1NC2(CCNCC2)C[C@@H]1c1ccccc1. The van der Waals surface area contributed by atoms with Crippen molar-refractivity contribution >= 4 is 5.91 Å². The van der Waals surface area contributed by atoms with Crippen LogP contribution in [0, 0.1) is 0 Å². The summed E-state index contributed by atoms with van der Waals surface area (Å²) in [4.78, 5) is 12.1. The third kappa shape index (κ3) is 1.95. The maximum atomic E-state index is 12.1. The standard InChI is InChI=1S/C14H18N2O/c17-13-12(11-4-2-1-3-5-11)10-14(16-13)6-8-15-9-7-14/h1-5,12,15H,6-10H2,(H,16,17)/t12-/m1/s1. The molecule has 1 atom stereocenters. The second-order valence-corrected chi connectivity index (χ2v) is 5.19. The predicted molar refractivity (Wildman–Crippen MR) is 66.8 cm³/mol. The summed E-state index contributed by atoms with van der Waals surface area (Å²) in [7, 11) is 0. The van der Waals surface area contributed by atoms with Crippen molar-refractivity contribution in [2.75, 3.05) is 13.1 Å². The first-order valence-corrected chi connectivity index (χ1v) is 6.37. The van der Waals surface area contributed by atoms with Gasteiger partial charge in [-0.2, -0.15) is 0 Å². The number of rotatable bonds is 1. The molecule has 0 aromatic heterocycles. The molecule has 0 radical (unpaired) electrons. The van der Waals surface area contributed by atoms with Gasteiger partial charge in [-0.05, 0) is 37.9 Å². The third-order valence-electron chi connectivity index (χ3n) is 4.06. The lowest BCUT2D eigenvalue weighted by atomic mass is 9.82. The van der Waals surface area contributed by atoms with Crippen molar-refractivity contribution in [1.29, 1.82) is 0 Å². The summed E-state index contributed by atoms with van der Waals surface area (Å²) in [5.74, 6) is 0.257. The van der Waals surface area contributed by atoms with Crippen LogP contribution in [0.2, 0.25) is 0 Å². The first-order valence-electron chi connectivity index (χ1n) is 6.37. The van der Waals surface area contributed by atoms with Crippen LogP contribution < -0.4 is 10.6 Å². The van der Waals surface area contributed by atoms with Gasteiger partial charge in [0, 0.05) is 5.54 Å². The van der Waals surface area contributed by atoms with Crippen LogP contribution in [0.15, 0.2) is 30.3 Å². The van der Waals surface area contributed by atoms with Crippen LogP contribution in [0.25, 0.3) is 0 Å². The first kappa shape index (κ1) is 10.8. The quantitative estimate of drug-likeness (QED) is 0.766. The Morgan fingerprint density at radius 3 is 2.53 bits per heavy atom. The van der Waals surface area contributed by atoms with E-state index in [1.807, 2.05) is 18.2 Å². The van der Waals surface area contributed by atoms with Crippen LogP contribution in [0.1, 0.15) is 30.7 Å². The van der Waals surface area contributed by atoms with Crippen LogP contribution in [0.3, 0.4) is 0 Å². The number of hydrogen-bond donors (Lipinski definition) is 2. The molecule has 90 valence electrons. The molecule has 2 N–H and O–H groups in total. The summed E-state index contributed by atoms with van der Waals surface area (Å²) in [6.07, 6.45) is 3.07. The van der Waals surface area contributed by atoms with Crippen molar-refractivity contribution in [3.05, 3.63) is 35.9 Å². The Kier molecular flexibility index (Phi) is 2.63. The number of carbonyl (C=O) groups excluding carboxylic acids is 1. The van der Waals surface area contributed by atoms with E-state index < -0.39 is 0 Å². The Labute approximate surface area is 102 Å². The molecule has 0 saturated carbocycles. The summed E-state index contributed by atoms with van der Waals surface area (Å²) in [5, 5.41) is 6.59. The van der Waals surface area contributed by atoms with E-state index in [2.05, 4.69) is 22.8 Å². The van der Waals surface area contributed by atoms with Crippen molar-refractivity contribution in [2.45, 2.75) is 30.7 Å². The van der Waals surface area contributed by atoms with Gasteiger partial charge in [0.2, 0.25) is 5.91 Å². The number of amides is 1. The van der Waals surface area contributed by atoms with Gasteiger partial charge in [-0.25, -0.2) is 0 Å². The zero-order valence-electron chi connectivity index (χ0n) is 9.91. The first-order chi connectivity index (χ1) is 8.29. The van der Waals surface area contributed by atoms with E-state index >= 15 is 0 Å². The number of carbonyl (C=O) groups is 1. The lowest BCUT2D eigenvalue weighted by molar-refractivity contribution is -0.121. The normalized spacial score (nSPS) is 27.1. The van der Waals surface area contributed by atoms with E-state index in [0.717, 1.165) is 37.9 Å². The summed E-state index contributed by atoms with van der Waals surface area (Å²) in [6.45, 7) is 2.03. The Morgan fingerprint density at radius 2 is 1.82 bits per heavy atom. The van der Waals surface area contributed by atoms with Gasteiger partial charge < -0.3 is 10.6 Å². The van der Waals surface area contributed by atoms with Gasteiger partial charge in [0.05, 0.1) is 5.92 Å². The summed E-state index contributed by atoms with van der Waals surface area (Å²) in [6, 6.07) is 10.1. The Bertz CT molecular complexity index is 409. The molecule has 0 bridgehead atoms. The van der Waals surface area contributed by atoms with Gasteiger partial charge in [0.25, 0.3) is 0 Å². The van der Waals surface area contributed by atoms with Crippen molar-refractivity contribution in [3.8, 4) is 0 Å². The Hall–Kier alpha value is -1.35. The number of benzene rings is 1. The zero-order chi connectivity index (χ0) is 11.7. The molecule has 2 fully saturated rings. The van der Waals surface area contributed by atoms with Crippen molar-refractivity contribution in [1.82, 2.24) is 10.6 Å². The molecule has 1 spiro atoms. The Morgan fingerprint density at radius 1 is 1.12 bits per heavy atom. The zero-order valence-corrected chi connectivity index (χ0v) is 9.91. The van der Waals surface area contributed by atoms with Crippen molar-refractivity contribution in [3.63, 3.8) is 0 Å². The van der Waals surface area contributed by atoms with Crippen LogP contribution in [0.5, 0.6) is 0 Å². The highest BCUT2D eigenvalue weighted by Gasteiger charge is 2.44. The second-order valence-electron chi connectivity index (χ2n) is 5.19. The van der Waals surface area contributed by atoms with E-state index in [-0.39, 0.29) is 17.4 Å². The molecule has 1 amide bonds. The summed E-state index contributed by atoms with van der Waals surface area (Å²) in [5.41, 5.74) is 1.21. The third-order valence-corrected chi connectivity index (χ3v) is 4.06. The molecule has 2 heterocycles. The van der Waals surface area contributed by atoms with E-state index in [9.17, 15) is 4.79 Å². The van der Waals surface area contributed by atoms with Crippen LogP contribution in [-0.4, -0.2) is 24.5 Å². The molecule has 3 nitrogen and oxygen atoms in total. The fraction of sp³-hybridized carbons (Fsp3) is 0.500. The monoisotopic (exact) mass is 230 g/mol. The molecule has 2 aliphatic rings. The maximum Gasteiger partial charge on any atom is 0.228 e. The highest BCUT2D eigenvalue weighted by molar-refractivity contribution is 5.87. The van der Waals surface area contributed by atoms with E-state index in [0.29, 0.717) is 0 Å². The summed E-state index contributed by atoms with van der Waals surface area (Å²) >= 11 is 0. The minimum absolute atomic E-state index is 0.0503.